The first-order valence-electron chi connectivity index (χ1n) is 10.2. The Bertz CT molecular complexity index is 1080. The predicted octanol–water partition coefficient (Wildman–Crippen LogP) is 1.67. The summed E-state index contributed by atoms with van der Waals surface area (Å²) in [4.78, 5) is 6.31. The molecule has 174 valence electrons. The van der Waals surface area contributed by atoms with Crippen molar-refractivity contribution in [2.24, 2.45) is 5.84 Å². The third-order valence-corrected chi connectivity index (χ3v) is 6.45. The monoisotopic (exact) mass is 467 g/mol. The highest BCUT2D eigenvalue weighted by Crippen LogP contribution is 2.29. The maximum absolute atomic E-state index is 14.9. The molecule has 0 unspecified atom stereocenters. The Balaban J connectivity index is 1.79. The summed E-state index contributed by atoms with van der Waals surface area (Å²) in [6.45, 7) is 4.65. The molecular formula is C20H27F2N7O2S. The fourth-order valence-electron chi connectivity index (χ4n) is 3.40. The number of sulfonamides is 1. The normalized spacial score (nSPS) is 14.3. The topological polar surface area (TPSA) is 127 Å². The quantitative estimate of drug-likeness (QED) is 0.251. The van der Waals surface area contributed by atoms with Gasteiger partial charge < -0.3 is 15.6 Å². The van der Waals surface area contributed by atoms with E-state index in [1.165, 1.54) is 6.20 Å². The molecule has 1 aliphatic heterocycles. The molecule has 1 fully saturated rings. The van der Waals surface area contributed by atoms with E-state index in [1.54, 1.807) is 19.2 Å². The summed E-state index contributed by atoms with van der Waals surface area (Å²) in [5.74, 6) is 3.59. The summed E-state index contributed by atoms with van der Waals surface area (Å²) in [6.07, 6.45) is 3.53. The number of piperazine rings is 1. The van der Waals surface area contributed by atoms with Gasteiger partial charge in [-0.2, -0.15) is 0 Å². The van der Waals surface area contributed by atoms with Gasteiger partial charge in [-0.1, -0.05) is 6.92 Å². The van der Waals surface area contributed by atoms with Gasteiger partial charge in [0.15, 0.2) is 11.6 Å². The first-order chi connectivity index (χ1) is 15.2. The molecule has 1 aromatic carbocycles. The van der Waals surface area contributed by atoms with Crippen LogP contribution in [0.4, 0.5) is 25.8 Å². The zero-order valence-electron chi connectivity index (χ0n) is 17.7. The number of rotatable bonds is 9. The van der Waals surface area contributed by atoms with Crippen LogP contribution in [0.1, 0.15) is 18.9 Å². The smallest absolute Gasteiger partial charge is 0.232 e. The average Bonchev–Trinajstić information content (AvgIpc) is 2.76. The number of hydrogen-bond donors (Lipinski definition) is 4. The van der Waals surface area contributed by atoms with Gasteiger partial charge in [-0.25, -0.2) is 23.0 Å². The summed E-state index contributed by atoms with van der Waals surface area (Å²) >= 11 is 0. The van der Waals surface area contributed by atoms with Gasteiger partial charge in [-0.15, -0.1) is 0 Å². The number of benzene rings is 1. The molecule has 0 radical (unpaired) electrons. The highest BCUT2D eigenvalue weighted by molar-refractivity contribution is 7.92. The van der Waals surface area contributed by atoms with Crippen LogP contribution in [0.5, 0.6) is 0 Å². The molecule has 0 saturated carbocycles. The van der Waals surface area contributed by atoms with Crippen LogP contribution < -0.4 is 25.8 Å². The molecular weight excluding hydrogens is 440 g/mol. The van der Waals surface area contributed by atoms with E-state index in [1.807, 2.05) is 0 Å². The van der Waals surface area contributed by atoms with Crippen molar-refractivity contribution in [1.82, 2.24) is 10.3 Å². The molecule has 5 N–H and O–H groups in total. The van der Waals surface area contributed by atoms with Crippen LogP contribution in [0, 0.1) is 17.0 Å². The maximum Gasteiger partial charge on any atom is 0.232 e. The Morgan fingerprint density at radius 1 is 1.31 bits per heavy atom. The van der Waals surface area contributed by atoms with Gasteiger partial charge in [0, 0.05) is 37.9 Å². The largest absolute Gasteiger partial charge is 0.368 e. The van der Waals surface area contributed by atoms with Gasteiger partial charge in [-0.05, 0) is 24.6 Å². The number of hydrogen-bond acceptors (Lipinski definition) is 8. The number of pyridine rings is 1. The summed E-state index contributed by atoms with van der Waals surface area (Å²) in [7, 11) is -3.78. The van der Waals surface area contributed by atoms with Crippen molar-refractivity contribution in [1.29, 1.82) is 5.41 Å². The summed E-state index contributed by atoms with van der Waals surface area (Å²) in [6, 6.07) is 3.72. The fourth-order valence-corrected chi connectivity index (χ4v) is 4.53. The Morgan fingerprint density at radius 2 is 2.03 bits per heavy atom. The fraction of sp³-hybridized carbons (Fsp3) is 0.400. The molecule has 0 bridgehead atoms. The Hall–Kier alpha value is -2.83. The molecule has 1 saturated heterocycles. The summed E-state index contributed by atoms with van der Waals surface area (Å²) in [5, 5.41) is 12.4. The number of aromatic nitrogens is 1. The molecule has 1 aliphatic rings. The van der Waals surface area contributed by atoms with Gasteiger partial charge in [-0.3, -0.25) is 14.7 Å². The molecule has 0 amide bonds. The second-order valence-electron chi connectivity index (χ2n) is 7.45. The minimum atomic E-state index is -3.78. The Morgan fingerprint density at radius 3 is 2.72 bits per heavy atom. The second-order valence-corrected chi connectivity index (χ2v) is 9.30. The minimum absolute atomic E-state index is 0.00718. The van der Waals surface area contributed by atoms with Crippen LogP contribution in [-0.2, 0) is 10.0 Å². The Labute approximate surface area is 186 Å². The van der Waals surface area contributed by atoms with Crippen molar-refractivity contribution in [2.75, 3.05) is 53.1 Å². The van der Waals surface area contributed by atoms with Crippen molar-refractivity contribution in [3.05, 3.63) is 47.8 Å². The predicted molar refractivity (Wildman–Crippen MR) is 122 cm³/mol. The highest BCUT2D eigenvalue weighted by Gasteiger charge is 2.22. The third kappa shape index (κ3) is 5.69. The first kappa shape index (κ1) is 23.8. The first-order valence-corrected chi connectivity index (χ1v) is 11.9. The molecule has 2 heterocycles. The van der Waals surface area contributed by atoms with Crippen molar-refractivity contribution in [3.63, 3.8) is 0 Å². The molecule has 0 spiro atoms. The van der Waals surface area contributed by atoms with E-state index in [0.29, 0.717) is 12.0 Å². The Kier molecular flexibility index (Phi) is 7.59. The molecule has 32 heavy (non-hydrogen) atoms. The summed E-state index contributed by atoms with van der Waals surface area (Å²) < 4.78 is 55.4. The average molecular weight is 468 g/mol. The van der Waals surface area contributed by atoms with E-state index in [-0.39, 0.29) is 18.0 Å². The second kappa shape index (κ2) is 10.2. The molecule has 3 rings (SSSR count). The molecule has 1 aromatic heterocycles. The SMILES string of the molecule is CCCS(=O)(=O)Nc1ccc(F)c(N(N)CC(=N)c2cncc(N3CCNCC3)c2)c1F. The number of anilines is 3. The zero-order chi connectivity index (χ0) is 23.3. The zero-order valence-corrected chi connectivity index (χ0v) is 18.6. The van der Waals surface area contributed by atoms with E-state index >= 15 is 0 Å². The number of halogens is 2. The van der Waals surface area contributed by atoms with Gasteiger partial charge in [0.2, 0.25) is 10.0 Å². The standard InChI is InChI=1S/C20H27F2N7O2S/c1-2-9-32(30,31)27-18-4-3-16(21)20(19(18)22)29(24)13-17(23)14-10-15(12-26-11-14)28-7-5-25-6-8-28/h3-4,10-12,23,25,27H,2,5-9,13,24H2,1H3. The van der Waals surface area contributed by atoms with Gasteiger partial charge in [0.1, 0.15) is 5.69 Å². The lowest BCUT2D eigenvalue weighted by atomic mass is 10.1. The number of nitrogens with one attached hydrogen (secondary N) is 3. The summed E-state index contributed by atoms with van der Waals surface area (Å²) in [5.41, 5.74) is 0.295. The minimum Gasteiger partial charge on any atom is -0.368 e. The highest BCUT2D eigenvalue weighted by atomic mass is 32.2. The van der Waals surface area contributed by atoms with Crippen molar-refractivity contribution >= 4 is 32.8 Å². The van der Waals surface area contributed by atoms with Crippen LogP contribution >= 0.6 is 0 Å². The van der Waals surface area contributed by atoms with Gasteiger partial charge >= 0.3 is 0 Å². The maximum atomic E-state index is 14.9. The van der Waals surface area contributed by atoms with E-state index in [4.69, 9.17) is 11.3 Å². The van der Waals surface area contributed by atoms with Gasteiger partial charge in [0.25, 0.3) is 0 Å². The third-order valence-electron chi connectivity index (χ3n) is 4.98. The lowest BCUT2D eigenvalue weighted by molar-refractivity contribution is 0.577. The molecule has 0 atom stereocenters. The number of hydrazine groups is 1. The van der Waals surface area contributed by atoms with E-state index in [9.17, 15) is 17.2 Å². The van der Waals surface area contributed by atoms with Crippen molar-refractivity contribution in [2.45, 2.75) is 13.3 Å². The van der Waals surface area contributed by atoms with Crippen LogP contribution in [0.25, 0.3) is 0 Å². The van der Waals surface area contributed by atoms with Crippen molar-refractivity contribution in [3.8, 4) is 0 Å². The lowest BCUT2D eigenvalue weighted by Gasteiger charge is -2.29. The number of nitrogens with two attached hydrogens (primary N) is 1. The van der Waals surface area contributed by atoms with E-state index < -0.39 is 33.0 Å². The molecule has 9 nitrogen and oxygen atoms in total. The van der Waals surface area contributed by atoms with Crippen LogP contribution in [0.3, 0.4) is 0 Å². The van der Waals surface area contributed by atoms with Crippen LogP contribution in [-0.4, -0.2) is 57.6 Å². The van der Waals surface area contributed by atoms with E-state index in [0.717, 1.165) is 49.0 Å². The van der Waals surface area contributed by atoms with Gasteiger partial charge in [0.05, 0.1) is 35.6 Å². The lowest BCUT2D eigenvalue weighted by Crippen LogP contribution is -2.43. The molecule has 0 aliphatic carbocycles. The van der Waals surface area contributed by atoms with Crippen LogP contribution in [0.15, 0.2) is 30.6 Å². The van der Waals surface area contributed by atoms with Crippen LogP contribution in [0.2, 0.25) is 0 Å². The number of nitrogens with zero attached hydrogens (tertiary/aromatic N) is 3. The van der Waals surface area contributed by atoms with Crippen molar-refractivity contribution < 1.29 is 17.2 Å². The molecule has 12 heteroatoms. The molecule has 2 aromatic rings. The van der Waals surface area contributed by atoms with E-state index in [2.05, 4.69) is 19.9 Å².